The molecule has 1 aliphatic heterocycles. The molecule has 9 heteroatoms. The Kier molecular flexibility index (Phi) is 7.65. The molecular formula is C22H27Cl2N3O3S. The van der Waals surface area contributed by atoms with E-state index >= 15 is 0 Å². The summed E-state index contributed by atoms with van der Waals surface area (Å²) >= 11 is 12.3. The van der Waals surface area contributed by atoms with Crippen LogP contribution in [0.5, 0.6) is 0 Å². The van der Waals surface area contributed by atoms with Gasteiger partial charge in [-0.2, -0.15) is 0 Å². The van der Waals surface area contributed by atoms with E-state index in [1.807, 2.05) is 19.1 Å². The van der Waals surface area contributed by atoms with Crippen LogP contribution in [0.25, 0.3) is 0 Å². The second-order valence-corrected chi connectivity index (χ2v) is 11.1. The Morgan fingerprint density at radius 3 is 2.61 bits per heavy atom. The first-order valence-electron chi connectivity index (χ1n) is 10.1. The molecule has 0 aliphatic carbocycles. The van der Waals surface area contributed by atoms with E-state index in [1.165, 1.54) is 20.2 Å². The zero-order chi connectivity index (χ0) is 22.8. The predicted molar refractivity (Wildman–Crippen MR) is 125 cm³/mol. The number of anilines is 1. The van der Waals surface area contributed by atoms with Crippen molar-refractivity contribution in [1.29, 1.82) is 0 Å². The average molecular weight is 484 g/mol. The quantitative estimate of drug-likeness (QED) is 0.660. The Balaban J connectivity index is 1.70. The first-order chi connectivity index (χ1) is 14.6. The van der Waals surface area contributed by atoms with Crippen molar-refractivity contribution in [2.24, 2.45) is 5.92 Å². The molecule has 1 N–H and O–H groups in total. The lowest BCUT2D eigenvalue weighted by Gasteiger charge is -2.32. The molecule has 1 amide bonds. The number of rotatable bonds is 6. The number of nitrogens with one attached hydrogen (secondary N) is 1. The first-order valence-corrected chi connectivity index (χ1v) is 12.3. The van der Waals surface area contributed by atoms with Gasteiger partial charge in [0.1, 0.15) is 0 Å². The van der Waals surface area contributed by atoms with Gasteiger partial charge in [0.05, 0.1) is 10.8 Å². The molecule has 168 valence electrons. The monoisotopic (exact) mass is 483 g/mol. The van der Waals surface area contributed by atoms with Crippen LogP contribution in [0.3, 0.4) is 0 Å². The van der Waals surface area contributed by atoms with Gasteiger partial charge in [0, 0.05) is 42.9 Å². The molecule has 0 radical (unpaired) electrons. The molecule has 2 aromatic carbocycles. The van der Waals surface area contributed by atoms with Crippen LogP contribution in [0.15, 0.2) is 41.3 Å². The van der Waals surface area contributed by atoms with Gasteiger partial charge in [-0.05, 0) is 61.7 Å². The standard InChI is InChI=1S/C22H27Cl2N3O3S/c1-15-6-9-19(31(29,30)26(2)3)12-21(15)25-22(28)17-5-4-10-27(14-17)13-16-7-8-18(23)11-20(16)24/h6-9,11-12,17H,4-5,10,13-14H2,1-3H3,(H,25,28)/t17-/m1/s1. The number of benzene rings is 2. The van der Waals surface area contributed by atoms with Crippen LogP contribution in [0.1, 0.15) is 24.0 Å². The largest absolute Gasteiger partial charge is 0.326 e. The SMILES string of the molecule is Cc1ccc(S(=O)(=O)N(C)C)cc1NC(=O)[C@@H]1CCCN(Cc2ccc(Cl)cc2Cl)C1. The number of amides is 1. The van der Waals surface area contributed by atoms with E-state index < -0.39 is 10.0 Å². The molecule has 6 nitrogen and oxygen atoms in total. The van der Waals surface area contributed by atoms with Crippen molar-refractivity contribution in [2.45, 2.75) is 31.2 Å². The summed E-state index contributed by atoms with van der Waals surface area (Å²) in [5, 5.41) is 4.16. The fraction of sp³-hybridized carbons (Fsp3) is 0.409. The van der Waals surface area contributed by atoms with E-state index in [0.29, 0.717) is 28.8 Å². The Morgan fingerprint density at radius 1 is 1.19 bits per heavy atom. The van der Waals surface area contributed by atoms with Gasteiger partial charge in [0.25, 0.3) is 0 Å². The maximum absolute atomic E-state index is 13.0. The Bertz CT molecular complexity index is 1070. The summed E-state index contributed by atoms with van der Waals surface area (Å²) in [6.07, 6.45) is 1.68. The third kappa shape index (κ3) is 5.79. The van der Waals surface area contributed by atoms with Gasteiger partial charge in [-0.25, -0.2) is 12.7 Å². The second-order valence-electron chi connectivity index (χ2n) is 8.06. The van der Waals surface area contributed by atoms with Gasteiger partial charge in [-0.1, -0.05) is 35.3 Å². The highest BCUT2D eigenvalue weighted by molar-refractivity contribution is 7.89. The van der Waals surface area contributed by atoms with Crippen molar-refractivity contribution < 1.29 is 13.2 Å². The van der Waals surface area contributed by atoms with Crippen molar-refractivity contribution in [3.05, 3.63) is 57.6 Å². The summed E-state index contributed by atoms with van der Waals surface area (Å²) in [6.45, 7) is 3.99. The van der Waals surface area contributed by atoms with Crippen molar-refractivity contribution in [3.8, 4) is 0 Å². The molecule has 1 aliphatic rings. The van der Waals surface area contributed by atoms with E-state index in [9.17, 15) is 13.2 Å². The number of sulfonamides is 1. The zero-order valence-corrected chi connectivity index (χ0v) is 20.2. The molecule has 2 aromatic rings. The number of carbonyl (C=O) groups is 1. The number of nitrogens with zero attached hydrogens (tertiary/aromatic N) is 2. The summed E-state index contributed by atoms with van der Waals surface area (Å²) in [5.74, 6) is -0.289. The van der Waals surface area contributed by atoms with Gasteiger partial charge in [-0.15, -0.1) is 0 Å². The molecule has 31 heavy (non-hydrogen) atoms. The van der Waals surface area contributed by atoms with Gasteiger partial charge in [0.15, 0.2) is 0 Å². The average Bonchev–Trinajstić information content (AvgIpc) is 2.71. The summed E-state index contributed by atoms with van der Waals surface area (Å²) in [7, 11) is -0.609. The fourth-order valence-electron chi connectivity index (χ4n) is 3.65. The highest BCUT2D eigenvalue weighted by atomic mass is 35.5. The number of hydrogen-bond donors (Lipinski definition) is 1. The van der Waals surface area contributed by atoms with Crippen molar-refractivity contribution >= 4 is 44.8 Å². The van der Waals surface area contributed by atoms with Crippen LogP contribution in [-0.2, 0) is 21.4 Å². The van der Waals surface area contributed by atoms with E-state index in [0.717, 1.165) is 34.8 Å². The highest BCUT2D eigenvalue weighted by Gasteiger charge is 2.27. The number of hydrogen-bond acceptors (Lipinski definition) is 4. The summed E-state index contributed by atoms with van der Waals surface area (Å²) in [5.41, 5.74) is 2.31. The van der Waals surface area contributed by atoms with Crippen LogP contribution < -0.4 is 5.32 Å². The molecular weight excluding hydrogens is 457 g/mol. The summed E-state index contributed by atoms with van der Waals surface area (Å²) < 4.78 is 26.0. The molecule has 0 aromatic heterocycles. The Labute approximate surface area is 194 Å². The lowest BCUT2D eigenvalue weighted by Crippen LogP contribution is -2.40. The van der Waals surface area contributed by atoms with E-state index in [-0.39, 0.29) is 16.7 Å². The topological polar surface area (TPSA) is 69.7 Å². The molecule has 0 saturated carbocycles. The summed E-state index contributed by atoms with van der Waals surface area (Å²) in [6, 6.07) is 10.2. The highest BCUT2D eigenvalue weighted by Crippen LogP contribution is 2.27. The van der Waals surface area contributed by atoms with E-state index in [2.05, 4.69) is 10.2 Å². The van der Waals surface area contributed by atoms with Gasteiger partial charge >= 0.3 is 0 Å². The van der Waals surface area contributed by atoms with E-state index in [1.54, 1.807) is 18.2 Å². The minimum Gasteiger partial charge on any atom is -0.326 e. The Morgan fingerprint density at radius 2 is 1.94 bits per heavy atom. The predicted octanol–water partition coefficient (Wildman–Crippen LogP) is 4.40. The van der Waals surface area contributed by atoms with E-state index in [4.69, 9.17) is 23.2 Å². The normalized spacial score (nSPS) is 17.7. The molecule has 1 saturated heterocycles. The minimum atomic E-state index is -3.58. The van der Waals surface area contributed by atoms with Crippen LogP contribution in [0, 0.1) is 12.8 Å². The number of carbonyl (C=O) groups excluding carboxylic acids is 1. The number of likely N-dealkylation sites (tertiary alicyclic amines) is 1. The molecule has 1 heterocycles. The van der Waals surface area contributed by atoms with Crippen molar-refractivity contribution in [2.75, 3.05) is 32.5 Å². The molecule has 0 spiro atoms. The van der Waals surface area contributed by atoms with Crippen molar-refractivity contribution in [3.63, 3.8) is 0 Å². The third-order valence-corrected chi connectivity index (χ3v) is 7.93. The second kappa shape index (κ2) is 9.88. The fourth-order valence-corrected chi connectivity index (χ4v) is 5.04. The molecule has 1 fully saturated rings. The van der Waals surface area contributed by atoms with Gasteiger partial charge < -0.3 is 5.32 Å². The zero-order valence-electron chi connectivity index (χ0n) is 17.9. The van der Waals surface area contributed by atoms with Crippen molar-refractivity contribution in [1.82, 2.24) is 9.21 Å². The molecule has 3 rings (SSSR count). The Hall–Kier alpha value is -1.64. The molecule has 0 unspecified atom stereocenters. The number of aryl methyl sites for hydroxylation is 1. The maximum Gasteiger partial charge on any atom is 0.242 e. The van der Waals surface area contributed by atoms with Crippen LogP contribution in [0.2, 0.25) is 10.0 Å². The molecule has 1 atom stereocenters. The smallest absolute Gasteiger partial charge is 0.242 e. The lowest BCUT2D eigenvalue weighted by atomic mass is 9.96. The molecule has 0 bridgehead atoms. The van der Waals surface area contributed by atoms with Gasteiger partial charge in [0.2, 0.25) is 15.9 Å². The third-order valence-electron chi connectivity index (χ3n) is 5.53. The first kappa shape index (κ1) is 24.0. The van der Waals surface area contributed by atoms with Gasteiger partial charge in [-0.3, -0.25) is 9.69 Å². The summed E-state index contributed by atoms with van der Waals surface area (Å²) in [4.78, 5) is 15.3. The lowest BCUT2D eigenvalue weighted by molar-refractivity contribution is -0.121. The maximum atomic E-state index is 13.0. The minimum absolute atomic E-state index is 0.102. The van der Waals surface area contributed by atoms with Crippen LogP contribution >= 0.6 is 23.2 Å². The van der Waals surface area contributed by atoms with Crippen LogP contribution in [0.4, 0.5) is 5.69 Å². The number of piperidine rings is 1. The number of halogens is 2. The van der Waals surface area contributed by atoms with Crippen LogP contribution in [-0.4, -0.2) is 50.7 Å².